The molecule has 29 heavy (non-hydrogen) atoms. The summed E-state index contributed by atoms with van der Waals surface area (Å²) in [6.45, 7) is 1.66. The van der Waals surface area contributed by atoms with Gasteiger partial charge in [-0.05, 0) is 6.42 Å². The second kappa shape index (κ2) is 10.3. The van der Waals surface area contributed by atoms with Gasteiger partial charge in [0.25, 0.3) is 0 Å². The van der Waals surface area contributed by atoms with Gasteiger partial charge in [-0.3, -0.25) is 0 Å². The zero-order valence-electron chi connectivity index (χ0n) is 15.8. The second-order valence-electron chi connectivity index (χ2n) is 6.10. The number of amides is 4. The minimum absolute atomic E-state index is 0.0413. The van der Waals surface area contributed by atoms with E-state index in [2.05, 4.69) is 10.6 Å². The minimum atomic E-state index is -2.76. The lowest BCUT2D eigenvalue weighted by Gasteiger charge is -2.48. The topological polar surface area (TPSA) is 223 Å². The van der Waals surface area contributed by atoms with Crippen molar-refractivity contribution < 1.29 is 39.5 Å². The van der Waals surface area contributed by atoms with Gasteiger partial charge in [-0.15, -0.1) is 9.81 Å². The molecular weight excluding hydrogens is 400 g/mol. The van der Waals surface area contributed by atoms with Crippen LogP contribution in [0.1, 0.15) is 13.3 Å². The molecule has 0 aromatic rings. The molecule has 0 aromatic carbocycles. The average Bonchev–Trinajstić information content (AvgIpc) is 2.69. The Morgan fingerprint density at radius 1 is 1.21 bits per heavy atom. The molecule has 4 amide bonds. The molecule has 0 bridgehead atoms. The Hall–Kier alpha value is -2.50. The minimum Gasteiger partial charge on any atom is -0.387 e. The van der Waals surface area contributed by atoms with Gasteiger partial charge in [0, 0.05) is 20.7 Å². The first-order chi connectivity index (χ1) is 13.5. The molecule has 1 saturated heterocycles. The molecule has 1 unspecified atom stereocenters. The van der Waals surface area contributed by atoms with E-state index in [4.69, 9.17) is 9.47 Å². The molecular formula is C13H24N6O10. The summed E-state index contributed by atoms with van der Waals surface area (Å²) in [6, 6.07) is -2.41. The number of hydrogen-bond acceptors (Lipinski definition) is 12. The molecule has 166 valence electrons. The summed E-state index contributed by atoms with van der Waals surface area (Å²) in [5.74, 6) is 0. The maximum atomic E-state index is 11.9. The van der Waals surface area contributed by atoms with Crippen LogP contribution < -0.4 is 10.6 Å². The zero-order valence-corrected chi connectivity index (χ0v) is 15.8. The van der Waals surface area contributed by atoms with E-state index in [1.807, 2.05) is 10.6 Å². The van der Waals surface area contributed by atoms with E-state index in [9.17, 15) is 39.8 Å². The molecule has 0 spiro atoms. The number of carbonyl (C=O) groups is 2. The van der Waals surface area contributed by atoms with Gasteiger partial charge >= 0.3 is 12.1 Å². The fraction of sp³-hybridized carbons (Fsp3) is 0.846. The van der Waals surface area contributed by atoms with Gasteiger partial charge in [0.05, 0.1) is 10.6 Å². The van der Waals surface area contributed by atoms with Crippen molar-refractivity contribution in [2.75, 3.05) is 20.7 Å². The van der Waals surface area contributed by atoms with Gasteiger partial charge in [0.1, 0.15) is 18.3 Å². The highest BCUT2D eigenvalue weighted by molar-refractivity contribution is 5.74. The van der Waals surface area contributed by atoms with Crippen molar-refractivity contribution in [3.05, 3.63) is 9.81 Å². The van der Waals surface area contributed by atoms with Crippen LogP contribution in [0.5, 0.6) is 0 Å². The van der Waals surface area contributed by atoms with Crippen molar-refractivity contribution in [3.8, 4) is 0 Å². The van der Waals surface area contributed by atoms with Crippen molar-refractivity contribution in [2.45, 2.75) is 49.9 Å². The molecule has 0 aliphatic carbocycles. The fourth-order valence-electron chi connectivity index (χ4n) is 2.32. The third-order valence-corrected chi connectivity index (χ3v) is 3.95. The van der Waals surface area contributed by atoms with E-state index in [-0.39, 0.29) is 11.6 Å². The van der Waals surface area contributed by atoms with E-state index in [1.165, 1.54) is 0 Å². The first kappa shape index (κ1) is 24.5. The van der Waals surface area contributed by atoms with E-state index in [0.29, 0.717) is 11.4 Å². The normalized spacial score (nSPS) is 30.0. The lowest BCUT2D eigenvalue weighted by atomic mass is 9.92. The Kier molecular flexibility index (Phi) is 8.74. The summed E-state index contributed by atoms with van der Waals surface area (Å²) in [5.41, 5.74) is -2.76. The summed E-state index contributed by atoms with van der Waals surface area (Å²) >= 11 is 0. The molecule has 1 aliphatic heterocycles. The molecule has 0 aromatic heterocycles. The van der Waals surface area contributed by atoms with E-state index < -0.39 is 48.6 Å². The Bertz CT molecular complexity index is 609. The Labute approximate surface area is 164 Å². The first-order valence-electron chi connectivity index (χ1n) is 8.33. The average molecular weight is 424 g/mol. The number of ether oxygens (including phenoxy) is 2. The van der Waals surface area contributed by atoms with Gasteiger partial charge in [0.15, 0.2) is 6.23 Å². The van der Waals surface area contributed by atoms with Crippen molar-refractivity contribution in [2.24, 2.45) is 10.6 Å². The molecule has 1 fully saturated rings. The quantitative estimate of drug-likeness (QED) is 0.137. The molecule has 0 radical (unpaired) electrons. The standard InChI is InChI=1S/C13H24N6O10/c1-4-5-28-10-13(25,15-12(24)19(3)17-27)8(21)6(20)7(29-10)9(22)14-11(23)18(2)16-26/h6-10,20-22,25H,4-5H2,1-3H3,(H,14,23)(H,15,24)/t6-,7+,8+,9?,10+,13-/m1/s1. The van der Waals surface area contributed by atoms with Gasteiger partial charge in [-0.2, -0.15) is 10.0 Å². The number of nitroso groups, excluding NO2 is 2. The van der Waals surface area contributed by atoms with Gasteiger partial charge in [-0.1, -0.05) is 6.92 Å². The molecule has 6 N–H and O–H groups in total. The van der Waals surface area contributed by atoms with Crippen LogP contribution in [0.15, 0.2) is 10.6 Å². The predicted octanol–water partition coefficient (Wildman–Crippen LogP) is -2.49. The number of carbonyl (C=O) groups excluding carboxylic acids is 2. The largest absolute Gasteiger partial charge is 0.387 e. The fourth-order valence-corrected chi connectivity index (χ4v) is 2.32. The summed E-state index contributed by atoms with van der Waals surface area (Å²) < 4.78 is 10.5. The Morgan fingerprint density at radius 2 is 1.76 bits per heavy atom. The first-order valence-corrected chi connectivity index (χ1v) is 8.33. The highest BCUT2D eigenvalue weighted by atomic mass is 16.7. The van der Waals surface area contributed by atoms with Crippen LogP contribution >= 0.6 is 0 Å². The highest BCUT2D eigenvalue weighted by Crippen LogP contribution is 2.30. The highest BCUT2D eigenvalue weighted by Gasteiger charge is 2.58. The molecule has 1 aliphatic rings. The Morgan fingerprint density at radius 3 is 2.28 bits per heavy atom. The number of nitrogens with zero attached hydrogens (tertiary/aromatic N) is 4. The van der Waals surface area contributed by atoms with Crippen LogP contribution in [0.25, 0.3) is 0 Å². The molecule has 16 heteroatoms. The van der Waals surface area contributed by atoms with E-state index in [1.54, 1.807) is 6.92 Å². The SMILES string of the molecule is CCCO[C@H]1O[C@H](C(O)NC(=O)N(C)N=O)[C@@H](O)[C@H](O)[C@]1(O)NC(=O)N(C)N=O. The third-order valence-electron chi connectivity index (χ3n) is 3.95. The van der Waals surface area contributed by atoms with Crippen LogP contribution in [0.4, 0.5) is 9.59 Å². The zero-order chi connectivity index (χ0) is 22.4. The lowest BCUT2D eigenvalue weighted by Crippen LogP contribution is -2.76. The molecule has 1 heterocycles. The second-order valence-corrected chi connectivity index (χ2v) is 6.10. The monoisotopic (exact) mass is 424 g/mol. The van der Waals surface area contributed by atoms with Crippen molar-refractivity contribution in [3.63, 3.8) is 0 Å². The number of rotatable bonds is 8. The summed E-state index contributed by atoms with van der Waals surface area (Å²) in [6.07, 6.45) is -9.44. The van der Waals surface area contributed by atoms with Crippen molar-refractivity contribution in [1.29, 1.82) is 0 Å². The molecule has 0 saturated carbocycles. The number of aliphatic hydroxyl groups is 4. The number of nitrogens with one attached hydrogen (secondary N) is 2. The van der Waals surface area contributed by atoms with Crippen molar-refractivity contribution >= 4 is 12.1 Å². The number of aliphatic hydroxyl groups excluding tert-OH is 3. The van der Waals surface area contributed by atoms with Gasteiger partial charge in [0.2, 0.25) is 12.0 Å². The Balaban J connectivity index is 3.09. The maximum absolute atomic E-state index is 11.9. The molecule has 1 rings (SSSR count). The van der Waals surface area contributed by atoms with E-state index in [0.717, 1.165) is 14.1 Å². The van der Waals surface area contributed by atoms with Crippen LogP contribution in [-0.2, 0) is 9.47 Å². The van der Waals surface area contributed by atoms with Gasteiger partial charge in [-0.25, -0.2) is 9.59 Å². The molecule has 6 atom stereocenters. The smallest absolute Gasteiger partial charge is 0.342 e. The van der Waals surface area contributed by atoms with Crippen LogP contribution in [-0.4, -0.2) is 99.8 Å². The van der Waals surface area contributed by atoms with Gasteiger partial charge < -0.3 is 40.5 Å². The van der Waals surface area contributed by atoms with Crippen LogP contribution in [0.3, 0.4) is 0 Å². The predicted molar refractivity (Wildman–Crippen MR) is 92.1 cm³/mol. The van der Waals surface area contributed by atoms with Crippen LogP contribution in [0, 0.1) is 9.81 Å². The van der Waals surface area contributed by atoms with Crippen LogP contribution in [0.2, 0.25) is 0 Å². The van der Waals surface area contributed by atoms with Crippen molar-refractivity contribution in [1.82, 2.24) is 20.7 Å². The lowest BCUT2D eigenvalue weighted by molar-refractivity contribution is -0.354. The number of hydrogen-bond donors (Lipinski definition) is 6. The third kappa shape index (κ3) is 5.52. The summed E-state index contributed by atoms with van der Waals surface area (Å²) in [4.78, 5) is 44.3. The van der Waals surface area contributed by atoms with E-state index >= 15 is 0 Å². The number of urea groups is 2. The maximum Gasteiger partial charge on any atom is 0.342 e. The molecule has 16 nitrogen and oxygen atoms in total. The summed E-state index contributed by atoms with van der Waals surface area (Å²) in [7, 11) is 1.95. The summed E-state index contributed by atoms with van der Waals surface area (Å²) in [5, 5.41) is 50.4.